The quantitative estimate of drug-likeness (QED) is 0.0346. The van der Waals surface area contributed by atoms with Crippen LogP contribution in [0.1, 0.15) is 199 Å². The van der Waals surface area contributed by atoms with E-state index in [9.17, 15) is 0 Å². The molecule has 0 N–H and O–H groups in total. The maximum atomic E-state index is 3.78. The van der Waals surface area contributed by atoms with Crippen LogP contribution < -0.4 is 0 Å². The van der Waals surface area contributed by atoms with E-state index in [1.807, 2.05) is 22.7 Å². The number of thiophene rings is 4. The SMILES string of the molecule is CCCCCCCCCCCCCCc1ccc(-c2ccc(C#Cc3cc(Br)c(C#Cc4ccc(-c5ccc(CCCCCCCCCCCCCC)s5)s4)cc3Br)s2)s1. The minimum atomic E-state index is 0.957. The van der Waals surface area contributed by atoms with Gasteiger partial charge in [-0.2, -0.15) is 0 Å². The molecule has 0 amide bonds. The number of halogens is 2. The molecule has 322 valence electrons. The van der Waals surface area contributed by atoms with E-state index in [-0.39, 0.29) is 0 Å². The van der Waals surface area contributed by atoms with Crippen LogP contribution in [0.25, 0.3) is 19.5 Å². The Kier molecular flexibility index (Phi) is 24.1. The van der Waals surface area contributed by atoms with Crippen LogP contribution in [0, 0.1) is 23.7 Å². The van der Waals surface area contributed by atoms with Crippen LogP contribution in [0.3, 0.4) is 0 Å². The highest BCUT2D eigenvalue weighted by Crippen LogP contribution is 2.36. The molecule has 6 heteroatoms. The lowest BCUT2D eigenvalue weighted by atomic mass is 10.0. The molecule has 5 rings (SSSR count). The van der Waals surface area contributed by atoms with Gasteiger partial charge in [0.15, 0.2) is 0 Å². The largest absolute Gasteiger partial charge is 0.139 e. The first kappa shape index (κ1) is 49.1. The summed E-state index contributed by atoms with van der Waals surface area (Å²) < 4.78 is 1.93. The van der Waals surface area contributed by atoms with E-state index in [2.05, 4.69) is 130 Å². The van der Waals surface area contributed by atoms with Gasteiger partial charge in [-0.15, -0.1) is 45.3 Å². The van der Waals surface area contributed by atoms with Crippen LogP contribution in [0.2, 0.25) is 0 Å². The van der Waals surface area contributed by atoms with Gasteiger partial charge in [0.2, 0.25) is 0 Å². The van der Waals surface area contributed by atoms with E-state index in [4.69, 9.17) is 0 Å². The Labute approximate surface area is 398 Å². The van der Waals surface area contributed by atoms with Crippen molar-refractivity contribution in [2.24, 2.45) is 0 Å². The molecule has 4 heterocycles. The van der Waals surface area contributed by atoms with Gasteiger partial charge in [-0.25, -0.2) is 0 Å². The highest BCUT2D eigenvalue weighted by molar-refractivity contribution is 9.11. The van der Waals surface area contributed by atoms with Crippen molar-refractivity contribution >= 4 is 77.2 Å². The second-order valence-corrected chi connectivity index (χ2v) is 22.7. The Hall–Kier alpha value is -1.90. The number of unbranched alkanes of at least 4 members (excludes halogenated alkanes) is 22. The maximum absolute atomic E-state index is 3.78. The van der Waals surface area contributed by atoms with Gasteiger partial charge in [-0.3, -0.25) is 0 Å². The maximum Gasteiger partial charge on any atom is 0.0779 e. The topological polar surface area (TPSA) is 0 Å². The van der Waals surface area contributed by atoms with Gasteiger partial charge in [-0.05, 0) is 118 Å². The molecule has 5 aromatic rings. The summed E-state index contributed by atoms with van der Waals surface area (Å²) >= 11 is 15.0. The lowest BCUT2D eigenvalue weighted by Crippen LogP contribution is -1.84. The van der Waals surface area contributed by atoms with Crippen LogP contribution in [0.5, 0.6) is 0 Å². The minimum Gasteiger partial charge on any atom is -0.139 e. The third-order valence-corrected chi connectivity index (χ3v) is 17.3. The molecule has 1 aromatic carbocycles. The predicted octanol–water partition coefficient (Wildman–Crippen LogP) is 20.1. The molecular weight excluding hydrogens is 937 g/mol. The van der Waals surface area contributed by atoms with Crippen LogP contribution in [-0.4, -0.2) is 0 Å². The molecule has 0 saturated carbocycles. The fourth-order valence-corrected chi connectivity index (χ4v) is 12.5. The Morgan fingerprint density at radius 3 is 1.00 bits per heavy atom. The van der Waals surface area contributed by atoms with Crippen molar-refractivity contribution in [1.82, 2.24) is 0 Å². The van der Waals surface area contributed by atoms with Crippen molar-refractivity contribution in [3.63, 3.8) is 0 Å². The number of rotatable bonds is 28. The predicted molar refractivity (Wildman–Crippen MR) is 279 cm³/mol. The second kappa shape index (κ2) is 29.5. The zero-order valence-electron chi connectivity index (χ0n) is 36.5. The molecule has 0 aliphatic heterocycles. The van der Waals surface area contributed by atoms with Crippen molar-refractivity contribution in [2.45, 2.75) is 181 Å². The molecule has 60 heavy (non-hydrogen) atoms. The van der Waals surface area contributed by atoms with Gasteiger partial charge < -0.3 is 0 Å². The van der Waals surface area contributed by atoms with Gasteiger partial charge in [-0.1, -0.05) is 179 Å². The first-order valence-corrected chi connectivity index (χ1v) is 28.3. The summed E-state index contributed by atoms with van der Waals surface area (Å²) in [6.45, 7) is 4.59. The van der Waals surface area contributed by atoms with Crippen molar-refractivity contribution in [3.8, 4) is 43.2 Å². The molecule has 4 aromatic heterocycles. The molecule has 0 saturated heterocycles. The number of hydrogen-bond acceptors (Lipinski definition) is 4. The zero-order valence-corrected chi connectivity index (χ0v) is 43.0. The van der Waals surface area contributed by atoms with E-state index < -0.39 is 0 Å². The summed E-state index contributed by atoms with van der Waals surface area (Å²) in [6, 6.07) is 22.2. The summed E-state index contributed by atoms with van der Waals surface area (Å²) in [5, 5.41) is 0. The number of aryl methyl sites for hydroxylation is 2. The fraction of sp³-hybridized carbons (Fsp3) is 0.519. The molecular formula is C54H68Br2S4. The van der Waals surface area contributed by atoms with Crippen LogP contribution in [0.4, 0.5) is 0 Å². The average molecular weight is 1010 g/mol. The molecule has 0 aliphatic carbocycles. The van der Waals surface area contributed by atoms with E-state index in [0.29, 0.717) is 0 Å². The monoisotopic (exact) mass is 1000 g/mol. The first-order valence-electron chi connectivity index (χ1n) is 23.4. The molecule has 0 bridgehead atoms. The number of hydrogen-bond donors (Lipinski definition) is 0. The van der Waals surface area contributed by atoms with Crippen molar-refractivity contribution < 1.29 is 0 Å². The van der Waals surface area contributed by atoms with Crippen molar-refractivity contribution in [1.29, 1.82) is 0 Å². The number of benzene rings is 1. The first-order chi connectivity index (χ1) is 29.5. The normalized spacial score (nSPS) is 11.1. The Balaban J connectivity index is 1.01. The average Bonchev–Trinajstić information content (AvgIpc) is 4.10. The Morgan fingerprint density at radius 1 is 0.350 bits per heavy atom. The molecule has 0 aliphatic rings. The summed E-state index contributed by atoms with van der Waals surface area (Å²) in [4.78, 5) is 10.5. The smallest absolute Gasteiger partial charge is 0.0779 e. The lowest BCUT2D eigenvalue weighted by Gasteiger charge is -2.02. The third-order valence-electron chi connectivity index (χ3n) is 11.3. The molecule has 0 unspecified atom stereocenters. The summed E-state index contributed by atoms with van der Waals surface area (Å²) in [5.74, 6) is 13.7. The van der Waals surface area contributed by atoms with E-state index in [1.54, 1.807) is 22.7 Å². The van der Waals surface area contributed by atoms with Gasteiger partial charge >= 0.3 is 0 Å². The molecule has 0 atom stereocenters. The molecule has 0 nitrogen and oxygen atoms in total. The van der Waals surface area contributed by atoms with Gasteiger partial charge in [0.1, 0.15) is 0 Å². The summed E-state index contributed by atoms with van der Waals surface area (Å²) in [6.07, 6.45) is 36.0. The lowest BCUT2D eigenvalue weighted by molar-refractivity contribution is 0.544. The summed E-state index contributed by atoms with van der Waals surface area (Å²) in [5.41, 5.74) is 1.91. The fourth-order valence-electron chi connectivity index (χ4n) is 7.64. The highest BCUT2D eigenvalue weighted by atomic mass is 79.9. The van der Waals surface area contributed by atoms with Crippen LogP contribution >= 0.6 is 77.2 Å². The standard InChI is InChI=1S/C54H68Br2S4/c1-3-5-7-9-11-13-15-17-19-21-23-25-27-45-33-37-51(57-45)53-39-35-47(59-53)31-29-43-41-50(56)44(42-49(43)55)30-32-48-36-40-54(60-48)52-38-34-46(58-52)28-26-24-22-20-18-16-14-12-10-8-6-4-2/h33-42H,3-28H2,1-2H3. The van der Waals surface area contributed by atoms with Crippen LogP contribution in [-0.2, 0) is 12.8 Å². The zero-order chi connectivity index (χ0) is 42.0. The highest BCUT2D eigenvalue weighted by Gasteiger charge is 2.09. The van der Waals surface area contributed by atoms with E-state index >= 15 is 0 Å². The van der Waals surface area contributed by atoms with Gasteiger partial charge in [0.25, 0.3) is 0 Å². The van der Waals surface area contributed by atoms with E-state index in [1.165, 1.54) is 196 Å². The van der Waals surface area contributed by atoms with Gasteiger partial charge in [0, 0.05) is 49.3 Å². The molecule has 0 spiro atoms. The summed E-state index contributed by atoms with van der Waals surface area (Å²) in [7, 11) is 0. The Bertz CT molecular complexity index is 1920. The van der Waals surface area contributed by atoms with Crippen LogP contribution in [0.15, 0.2) is 69.6 Å². The molecule has 0 radical (unpaired) electrons. The van der Waals surface area contributed by atoms with Crippen molar-refractivity contribution in [3.05, 3.63) is 100 Å². The third kappa shape index (κ3) is 18.4. The second-order valence-electron chi connectivity index (χ2n) is 16.4. The molecule has 0 fully saturated rings. The minimum absolute atomic E-state index is 0.957. The Morgan fingerprint density at radius 2 is 0.650 bits per heavy atom. The van der Waals surface area contributed by atoms with Crippen molar-refractivity contribution in [2.75, 3.05) is 0 Å². The van der Waals surface area contributed by atoms with Gasteiger partial charge in [0.05, 0.1) is 9.75 Å². The van der Waals surface area contributed by atoms with E-state index in [0.717, 1.165) is 29.8 Å².